The molecule has 0 fully saturated rings. The number of anilines is 1. The van der Waals surface area contributed by atoms with E-state index in [2.05, 4.69) is 45.9 Å². The first-order valence-corrected chi connectivity index (χ1v) is 14.6. The highest BCUT2D eigenvalue weighted by atomic mass is 35.7. The number of carboxylic acid groups (broad SMARTS) is 1. The first kappa shape index (κ1) is 31.9. The van der Waals surface area contributed by atoms with Crippen LogP contribution in [0.25, 0.3) is 31.7 Å². The second-order valence-corrected chi connectivity index (χ2v) is 11.6. The van der Waals surface area contributed by atoms with Crippen LogP contribution in [0.1, 0.15) is 23.2 Å². The lowest BCUT2D eigenvalue weighted by Crippen LogP contribution is -2.68. The van der Waals surface area contributed by atoms with E-state index < -0.39 is 16.2 Å². The summed E-state index contributed by atoms with van der Waals surface area (Å²) in [5, 5.41) is 11.2. The van der Waals surface area contributed by atoms with Gasteiger partial charge in [-0.3, -0.25) is 9.59 Å². The second-order valence-electron chi connectivity index (χ2n) is 9.77. The van der Waals surface area contributed by atoms with Gasteiger partial charge >= 0.3 is 5.97 Å². The van der Waals surface area contributed by atoms with Gasteiger partial charge in [0.1, 0.15) is 14.1 Å². The predicted molar refractivity (Wildman–Crippen MR) is 149 cm³/mol. The summed E-state index contributed by atoms with van der Waals surface area (Å²) in [6, 6.07) is 20.6. The third-order valence-electron chi connectivity index (χ3n) is 6.38. The molecule has 10 nitrogen and oxygen atoms in total. The first-order chi connectivity index (χ1) is 19.2. The highest BCUT2D eigenvalue weighted by Crippen LogP contribution is 2.44. The number of benzene rings is 3. The van der Waals surface area contributed by atoms with Gasteiger partial charge in [-0.15, -0.1) is 21.6 Å². The van der Waals surface area contributed by atoms with E-state index in [1.54, 1.807) is 23.3 Å². The van der Waals surface area contributed by atoms with Crippen molar-refractivity contribution in [2.24, 2.45) is 0 Å². The fourth-order valence-corrected chi connectivity index (χ4v) is 5.53. The number of hydrogen-bond acceptors (Lipinski definition) is 8. The third-order valence-corrected chi connectivity index (χ3v) is 7.49. The van der Waals surface area contributed by atoms with Gasteiger partial charge in [0.25, 0.3) is 5.91 Å². The van der Waals surface area contributed by atoms with E-state index in [4.69, 9.17) is 23.7 Å². The standard InChI is InChI=1S/C29H31N3O3S.ClHO4/c1-30(2)19-12-14-23-25(17-19)36-26-18-20(31(3)4)13-15-24(26)28(23)21-9-6-7-10-22(21)29(35)32(5)16-8-11-27(33)34;2-1(3,4)5/h6-7,9-10,12-15,17-18H,8,11,16H2,1-5H3;(H,2,3,4,5). The number of aliphatic carboxylic acids is 1. The minimum absolute atomic E-state index is 0.0387. The molecule has 0 bridgehead atoms. The number of amides is 1. The Morgan fingerprint density at radius 3 is 2.20 bits per heavy atom. The molecule has 1 N–H and O–H groups in total. The Morgan fingerprint density at radius 2 is 1.59 bits per heavy atom. The Balaban J connectivity index is 0.000000850. The average Bonchev–Trinajstić information content (AvgIpc) is 2.89. The number of carbonyl (C=O) groups is 2. The number of hydrogen-bond donors (Lipinski definition) is 1. The zero-order chi connectivity index (χ0) is 30.5. The van der Waals surface area contributed by atoms with Gasteiger partial charge in [-0.25, -0.2) is 23.2 Å². The predicted octanol–water partition coefficient (Wildman–Crippen LogP) is -0.0483. The van der Waals surface area contributed by atoms with Crippen molar-refractivity contribution in [3.63, 3.8) is 0 Å². The lowest BCUT2D eigenvalue weighted by atomic mass is 9.91. The summed E-state index contributed by atoms with van der Waals surface area (Å²) in [4.78, 5) is 29.3. The van der Waals surface area contributed by atoms with Crippen LogP contribution in [0.4, 0.5) is 5.69 Å². The molecular formula is C29H32ClN3O7S. The Kier molecular flexibility index (Phi) is 10.4. The van der Waals surface area contributed by atoms with Crippen LogP contribution in [0.2, 0.25) is 0 Å². The van der Waals surface area contributed by atoms with Crippen molar-refractivity contribution >= 4 is 39.0 Å². The van der Waals surface area contributed by atoms with Crippen molar-refractivity contribution in [1.82, 2.24) is 9.48 Å². The lowest BCUT2D eigenvalue weighted by molar-refractivity contribution is -2.00. The summed E-state index contributed by atoms with van der Waals surface area (Å²) >= 11 is 1.75. The zero-order valence-electron chi connectivity index (χ0n) is 23.4. The number of fused-ring (bicyclic) bond motifs is 2. The lowest BCUT2D eigenvalue weighted by Gasteiger charge is -2.22. The number of halogens is 1. The van der Waals surface area contributed by atoms with Gasteiger partial charge in [0.2, 0.25) is 5.36 Å². The van der Waals surface area contributed by atoms with Gasteiger partial charge in [0.05, 0.1) is 0 Å². The topological polar surface area (TPSA) is 156 Å². The SMILES string of the molecule is CN(CCCC(=O)O)C(=O)c1ccccc1-c1c2ccc(=[N+](C)C)cc-2sc2cc(N(C)C)ccc12.[O-][Cl+3]([O-])([O-])[O-]. The van der Waals surface area contributed by atoms with E-state index in [9.17, 15) is 9.59 Å². The summed E-state index contributed by atoms with van der Waals surface area (Å²) in [5.74, 6) is -0.964. The fraction of sp³-hybridized carbons (Fsp3) is 0.276. The van der Waals surface area contributed by atoms with Gasteiger partial charge in [-0.05, 0) is 41.8 Å². The van der Waals surface area contributed by atoms with Crippen molar-refractivity contribution in [2.75, 3.05) is 46.7 Å². The molecule has 0 atom stereocenters. The molecule has 0 unspecified atom stereocenters. The van der Waals surface area contributed by atoms with Crippen LogP contribution in [-0.4, -0.2) is 63.7 Å². The summed E-state index contributed by atoms with van der Waals surface area (Å²) in [5.41, 5.74) is 4.75. The van der Waals surface area contributed by atoms with Gasteiger partial charge in [0, 0.05) is 78.0 Å². The summed E-state index contributed by atoms with van der Waals surface area (Å²) < 4.78 is 37.2. The van der Waals surface area contributed by atoms with Crippen molar-refractivity contribution < 1.29 is 43.6 Å². The van der Waals surface area contributed by atoms with Crippen LogP contribution in [-0.2, 0) is 4.79 Å². The smallest absolute Gasteiger partial charge is 0.303 e. The average molecular weight is 602 g/mol. The molecule has 41 heavy (non-hydrogen) atoms. The summed E-state index contributed by atoms with van der Waals surface area (Å²) in [6.45, 7) is 0.385. The summed E-state index contributed by atoms with van der Waals surface area (Å²) in [7, 11) is 4.92. The van der Waals surface area contributed by atoms with E-state index >= 15 is 0 Å². The van der Waals surface area contributed by atoms with E-state index in [1.807, 2.05) is 52.5 Å². The summed E-state index contributed by atoms with van der Waals surface area (Å²) in [6.07, 6.45) is 0.455. The Labute approximate surface area is 244 Å². The Hall–Kier alpha value is -3.58. The highest BCUT2D eigenvalue weighted by molar-refractivity contribution is 7.21. The molecule has 0 aromatic heterocycles. The molecule has 1 aliphatic heterocycles. The van der Waals surface area contributed by atoms with Gasteiger partial charge in [-0.2, -0.15) is 0 Å². The maximum Gasteiger partial charge on any atom is 0.303 e. The largest absolute Gasteiger partial charge is 0.481 e. The highest BCUT2D eigenvalue weighted by Gasteiger charge is 2.22. The van der Waals surface area contributed by atoms with Gasteiger partial charge < -0.3 is 14.9 Å². The van der Waals surface area contributed by atoms with Crippen molar-refractivity contribution in [3.05, 3.63) is 71.6 Å². The minimum atomic E-state index is -4.94. The molecule has 218 valence electrons. The van der Waals surface area contributed by atoms with Crippen molar-refractivity contribution in [1.29, 1.82) is 0 Å². The molecule has 4 rings (SSSR count). The number of rotatable bonds is 7. The molecule has 2 aromatic carbocycles. The molecule has 1 aliphatic carbocycles. The second kappa shape index (κ2) is 13.4. The quantitative estimate of drug-likeness (QED) is 0.228. The molecular weight excluding hydrogens is 570 g/mol. The number of nitrogens with zero attached hydrogens (tertiary/aromatic N) is 3. The molecule has 0 saturated carbocycles. The zero-order valence-corrected chi connectivity index (χ0v) is 25.0. The van der Waals surface area contributed by atoms with Crippen LogP contribution in [0, 0.1) is 10.2 Å². The molecule has 2 aromatic rings. The van der Waals surface area contributed by atoms with Crippen molar-refractivity contribution in [3.8, 4) is 21.6 Å². The van der Waals surface area contributed by atoms with Crippen molar-refractivity contribution in [2.45, 2.75) is 12.8 Å². The monoisotopic (exact) mass is 601 g/mol. The first-order valence-electron chi connectivity index (χ1n) is 12.5. The van der Waals surface area contributed by atoms with Crippen LogP contribution in [0.3, 0.4) is 0 Å². The fourth-order valence-electron chi connectivity index (χ4n) is 4.38. The van der Waals surface area contributed by atoms with E-state index in [1.165, 1.54) is 0 Å². The Bertz CT molecular complexity index is 1590. The van der Waals surface area contributed by atoms with Gasteiger partial charge in [0.15, 0.2) is 0 Å². The molecule has 1 amide bonds. The van der Waals surface area contributed by atoms with Crippen LogP contribution >= 0.6 is 11.3 Å². The minimum Gasteiger partial charge on any atom is -0.481 e. The van der Waals surface area contributed by atoms with E-state index in [0.29, 0.717) is 18.5 Å². The van der Waals surface area contributed by atoms with E-state index in [-0.39, 0.29) is 12.3 Å². The molecule has 0 spiro atoms. The van der Waals surface area contributed by atoms with Crippen LogP contribution in [0.5, 0.6) is 0 Å². The number of carbonyl (C=O) groups excluding carboxylic acids is 1. The molecule has 1 heterocycles. The molecule has 2 aliphatic rings. The number of carboxylic acids is 1. The molecule has 12 heteroatoms. The third kappa shape index (κ3) is 8.46. The maximum absolute atomic E-state index is 13.5. The normalized spacial score (nSPS) is 11.1. The van der Waals surface area contributed by atoms with Gasteiger partial charge in [-0.1, -0.05) is 24.3 Å². The maximum atomic E-state index is 13.5. The Morgan fingerprint density at radius 1 is 0.927 bits per heavy atom. The molecule has 0 saturated heterocycles. The molecule has 0 radical (unpaired) electrons. The van der Waals surface area contributed by atoms with Crippen LogP contribution < -0.4 is 33.5 Å². The van der Waals surface area contributed by atoms with Crippen LogP contribution in [0.15, 0.2) is 60.7 Å². The van der Waals surface area contributed by atoms with E-state index in [0.717, 1.165) is 42.7 Å².